The van der Waals surface area contributed by atoms with Crippen LogP contribution in [0.15, 0.2) is 11.1 Å². The number of allylic oxidation sites excluding steroid dienone is 2. The van der Waals surface area contributed by atoms with Crippen LogP contribution in [0.2, 0.25) is 0 Å². The van der Waals surface area contributed by atoms with Crippen LogP contribution in [-0.4, -0.2) is 12.3 Å². The molecule has 0 radical (unpaired) electrons. The minimum Gasteiger partial charge on any atom is -0.311 e. The molecule has 0 aromatic rings. The molecule has 0 aromatic heterocycles. The Kier molecular flexibility index (Phi) is 1.89. The Morgan fingerprint density at radius 2 is 1.67 bits per heavy atom. The molecule has 0 fully saturated rings. The van der Waals surface area contributed by atoms with Gasteiger partial charge >= 0.3 is 0 Å². The van der Waals surface area contributed by atoms with Gasteiger partial charge in [0.05, 0.1) is 0 Å². The molecule has 3 heteroatoms. The lowest BCUT2D eigenvalue weighted by atomic mass is 10.2. The average Bonchev–Trinajstić information content (AvgIpc) is 1.79. The molecule has 52 valence electrons. The van der Waals surface area contributed by atoms with Crippen molar-refractivity contribution in [2.45, 2.75) is 13.8 Å². The van der Waals surface area contributed by atoms with Gasteiger partial charge in [-0.15, -0.1) is 0 Å². The van der Waals surface area contributed by atoms with E-state index in [1.165, 1.54) is 11.1 Å². The maximum absolute atomic E-state index is 11.3. The van der Waals surface area contributed by atoms with Crippen molar-refractivity contribution in [3.8, 4) is 0 Å². The van der Waals surface area contributed by atoms with Crippen molar-refractivity contribution in [2.24, 2.45) is 0 Å². The van der Waals surface area contributed by atoms with E-state index in [9.17, 15) is 4.57 Å². The summed E-state index contributed by atoms with van der Waals surface area (Å²) in [4.78, 5) is 0. The Bertz CT molecular complexity index is 189. The summed E-state index contributed by atoms with van der Waals surface area (Å²) in [6, 6.07) is 0. The Morgan fingerprint density at radius 1 is 1.33 bits per heavy atom. The first-order chi connectivity index (χ1) is 4.01. The fourth-order valence-corrected chi connectivity index (χ4v) is 5.36. The largest absolute Gasteiger partial charge is 0.311 e. The van der Waals surface area contributed by atoms with Crippen LogP contribution in [0.5, 0.6) is 0 Å². The van der Waals surface area contributed by atoms with E-state index in [2.05, 4.69) is 29.3 Å². The van der Waals surface area contributed by atoms with Crippen LogP contribution in [0.3, 0.4) is 0 Å². The third-order valence-corrected chi connectivity index (χ3v) is 5.07. The summed E-state index contributed by atoms with van der Waals surface area (Å²) in [7, 11) is 0. The normalized spacial score (nSPS) is 25.2. The molecular formula is C6H10BrOP. The van der Waals surface area contributed by atoms with Gasteiger partial charge in [-0.2, -0.15) is 0 Å². The first-order valence-electron chi connectivity index (χ1n) is 2.94. The molecule has 0 saturated carbocycles. The molecule has 1 rings (SSSR count). The number of hydrogen-bond acceptors (Lipinski definition) is 1. The van der Waals surface area contributed by atoms with Crippen LogP contribution in [0.1, 0.15) is 13.8 Å². The van der Waals surface area contributed by atoms with Gasteiger partial charge in [-0.3, -0.25) is 0 Å². The third-order valence-electron chi connectivity index (χ3n) is 1.68. The zero-order valence-electron chi connectivity index (χ0n) is 5.65. The van der Waals surface area contributed by atoms with Crippen molar-refractivity contribution in [1.29, 1.82) is 0 Å². The Hall–Kier alpha value is 0.450. The van der Waals surface area contributed by atoms with Crippen LogP contribution in [0.4, 0.5) is 0 Å². The quantitative estimate of drug-likeness (QED) is 0.442. The molecule has 0 unspecified atom stereocenters. The van der Waals surface area contributed by atoms with Crippen LogP contribution >= 0.6 is 21.3 Å². The van der Waals surface area contributed by atoms with E-state index in [0.29, 0.717) is 0 Å². The molecule has 1 aliphatic heterocycles. The lowest BCUT2D eigenvalue weighted by molar-refractivity contribution is 0.589. The maximum atomic E-state index is 11.3. The molecule has 0 N–H and O–H groups in total. The first kappa shape index (κ1) is 7.56. The van der Waals surface area contributed by atoms with E-state index in [4.69, 9.17) is 0 Å². The second-order valence-electron chi connectivity index (χ2n) is 2.67. The molecule has 0 amide bonds. The monoisotopic (exact) mass is 208 g/mol. The average molecular weight is 209 g/mol. The Labute approximate surface area is 63.6 Å². The minimum absolute atomic E-state index is 0.777. The van der Waals surface area contributed by atoms with Crippen molar-refractivity contribution in [3.05, 3.63) is 11.1 Å². The number of hydrogen-bond donors (Lipinski definition) is 0. The number of rotatable bonds is 0. The number of halogens is 1. The van der Waals surface area contributed by atoms with Crippen LogP contribution in [0.25, 0.3) is 0 Å². The maximum Gasteiger partial charge on any atom is 0.155 e. The molecule has 0 spiro atoms. The SMILES string of the molecule is CC1=C(C)CP(=O)(Br)C1. The molecule has 0 aliphatic carbocycles. The van der Waals surface area contributed by atoms with E-state index in [1.807, 2.05) is 0 Å². The Morgan fingerprint density at radius 3 is 1.78 bits per heavy atom. The van der Waals surface area contributed by atoms with Gasteiger partial charge in [0.1, 0.15) is 0 Å². The predicted molar refractivity (Wildman–Crippen MR) is 44.6 cm³/mol. The van der Waals surface area contributed by atoms with Gasteiger partial charge < -0.3 is 4.57 Å². The zero-order valence-corrected chi connectivity index (χ0v) is 8.13. The fourth-order valence-electron chi connectivity index (χ4n) is 1.03. The molecule has 0 aromatic carbocycles. The van der Waals surface area contributed by atoms with Crippen molar-refractivity contribution in [1.82, 2.24) is 0 Å². The second-order valence-corrected chi connectivity index (χ2v) is 8.76. The lowest BCUT2D eigenvalue weighted by Crippen LogP contribution is -1.74. The van der Waals surface area contributed by atoms with Crippen molar-refractivity contribution < 1.29 is 4.57 Å². The zero-order chi connectivity index (χ0) is 7.07. The second kappa shape index (κ2) is 2.25. The predicted octanol–water partition coefficient (Wildman–Crippen LogP) is 3.01. The highest BCUT2D eigenvalue weighted by Gasteiger charge is 2.26. The highest BCUT2D eigenvalue weighted by atomic mass is 79.9. The van der Waals surface area contributed by atoms with Gasteiger partial charge in [0, 0.05) is 12.3 Å². The fraction of sp³-hybridized carbons (Fsp3) is 0.667. The third kappa shape index (κ3) is 1.68. The van der Waals surface area contributed by atoms with Crippen molar-refractivity contribution in [2.75, 3.05) is 12.3 Å². The highest BCUT2D eigenvalue weighted by Crippen LogP contribution is 2.60. The summed E-state index contributed by atoms with van der Waals surface area (Å²) in [5.74, 6) is -1.92. The molecule has 1 aliphatic rings. The summed E-state index contributed by atoms with van der Waals surface area (Å²) in [6.45, 7) is 4.10. The molecule has 0 bridgehead atoms. The van der Waals surface area contributed by atoms with Gasteiger partial charge in [-0.25, -0.2) is 0 Å². The molecule has 1 heterocycles. The topological polar surface area (TPSA) is 17.1 Å². The van der Waals surface area contributed by atoms with Gasteiger partial charge in [0.2, 0.25) is 0 Å². The molecule has 0 saturated heterocycles. The first-order valence-corrected chi connectivity index (χ1v) is 7.04. The van der Waals surface area contributed by atoms with Gasteiger partial charge in [0.15, 0.2) is 5.84 Å². The Balaban J connectivity index is 2.82. The summed E-state index contributed by atoms with van der Waals surface area (Å²) in [5, 5.41) is 0. The van der Waals surface area contributed by atoms with E-state index >= 15 is 0 Å². The van der Waals surface area contributed by atoms with Crippen molar-refractivity contribution in [3.63, 3.8) is 0 Å². The van der Waals surface area contributed by atoms with Crippen LogP contribution < -0.4 is 0 Å². The van der Waals surface area contributed by atoms with E-state index in [1.54, 1.807) is 0 Å². The summed E-state index contributed by atoms with van der Waals surface area (Å²) in [6.07, 6.45) is 1.55. The van der Waals surface area contributed by atoms with Crippen LogP contribution in [-0.2, 0) is 4.57 Å². The van der Waals surface area contributed by atoms with E-state index in [0.717, 1.165) is 12.3 Å². The molecular weight excluding hydrogens is 199 g/mol. The summed E-state index contributed by atoms with van der Waals surface area (Å²) >= 11 is 3.24. The smallest absolute Gasteiger partial charge is 0.155 e. The van der Waals surface area contributed by atoms with Gasteiger partial charge in [-0.1, -0.05) is 11.1 Å². The highest BCUT2D eigenvalue weighted by molar-refractivity contribution is 9.40. The standard InChI is InChI=1S/C6H10BrOP/c1-5-3-9(7,8)4-6(5)2/h3-4H2,1-2H3. The lowest BCUT2D eigenvalue weighted by Gasteiger charge is -1.97. The molecule has 9 heavy (non-hydrogen) atoms. The van der Waals surface area contributed by atoms with Gasteiger partial charge in [-0.05, 0) is 29.3 Å². The van der Waals surface area contributed by atoms with Gasteiger partial charge in [0.25, 0.3) is 0 Å². The van der Waals surface area contributed by atoms with E-state index < -0.39 is 5.84 Å². The summed E-state index contributed by atoms with van der Waals surface area (Å²) < 4.78 is 11.3. The van der Waals surface area contributed by atoms with E-state index in [-0.39, 0.29) is 0 Å². The molecule has 0 atom stereocenters. The molecule has 1 nitrogen and oxygen atoms in total. The summed E-state index contributed by atoms with van der Waals surface area (Å²) in [5.41, 5.74) is 2.60. The van der Waals surface area contributed by atoms with Crippen LogP contribution in [0, 0.1) is 0 Å². The van der Waals surface area contributed by atoms with Crippen molar-refractivity contribution >= 4 is 21.3 Å². The minimum atomic E-state index is -1.92.